The lowest BCUT2D eigenvalue weighted by atomic mass is 10.3. The molecular formula is C13H12N6OS. The second kappa shape index (κ2) is 5.88. The molecule has 0 atom stereocenters. The smallest absolute Gasteiger partial charge is 0.220 e. The molecule has 2 heterocycles. The van der Waals surface area contributed by atoms with Crippen molar-refractivity contribution in [3.63, 3.8) is 0 Å². The van der Waals surface area contributed by atoms with Crippen LogP contribution in [0.4, 0.5) is 0 Å². The second-order valence-corrected chi connectivity index (χ2v) is 5.18. The number of phenolic OH excluding ortho intramolecular Hbond substituents is 1. The van der Waals surface area contributed by atoms with Crippen molar-refractivity contribution in [1.29, 1.82) is 0 Å². The monoisotopic (exact) mass is 300 g/mol. The average molecular weight is 300 g/mol. The van der Waals surface area contributed by atoms with Crippen molar-refractivity contribution in [2.24, 2.45) is 0 Å². The van der Waals surface area contributed by atoms with E-state index in [1.54, 1.807) is 28.9 Å². The molecule has 3 aromatic rings. The highest BCUT2D eigenvalue weighted by Gasteiger charge is 2.11. The van der Waals surface area contributed by atoms with E-state index < -0.39 is 0 Å². The third-order valence-electron chi connectivity index (χ3n) is 2.79. The van der Waals surface area contributed by atoms with Gasteiger partial charge in [-0.1, -0.05) is 6.92 Å². The van der Waals surface area contributed by atoms with Crippen LogP contribution in [-0.2, 0) is 6.42 Å². The molecule has 0 aliphatic heterocycles. The molecule has 0 aliphatic carbocycles. The van der Waals surface area contributed by atoms with E-state index in [0.29, 0.717) is 5.16 Å². The highest BCUT2D eigenvalue weighted by Crippen LogP contribution is 2.25. The molecule has 0 aliphatic rings. The molecule has 0 amide bonds. The number of tetrazole rings is 1. The lowest BCUT2D eigenvalue weighted by Crippen LogP contribution is -1.99. The van der Waals surface area contributed by atoms with Gasteiger partial charge in [-0.15, -0.1) is 5.10 Å². The van der Waals surface area contributed by atoms with E-state index >= 15 is 0 Å². The van der Waals surface area contributed by atoms with Crippen LogP contribution in [0.3, 0.4) is 0 Å². The molecule has 1 N–H and O–H groups in total. The van der Waals surface area contributed by atoms with Gasteiger partial charge in [0.2, 0.25) is 5.16 Å². The van der Waals surface area contributed by atoms with Crippen LogP contribution in [0.2, 0.25) is 0 Å². The number of rotatable bonds is 4. The lowest BCUT2D eigenvalue weighted by molar-refractivity contribution is 0.475. The van der Waals surface area contributed by atoms with Crippen molar-refractivity contribution in [3.8, 4) is 11.4 Å². The number of nitrogens with zero attached hydrogens (tertiary/aromatic N) is 6. The van der Waals surface area contributed by atoms with E-state index in [0.717, 1.165) is 22.8 Å². The summed E-state index contributed by atoms with van der Waals surface area (Å²) in [5, 5.41) is 22.4. The summed E-state index contributed by atoms with van der Waals surface area (Å²) in [7, 11) is 0. The first-order chi connectivity index (χ1) is 10.3. The molecule has 0 fully saturated rings. The fraction of sp³-hybridized carbons (Fsp3) is 0.154. The lowest BCUT2D eigenvalue weighted by Gasteiger charge is -2.04. The normalized spacial score (nSPS) is 10.7. The van der Waals surface area contributed by atoms with Crippen molar-refractivity contribution >= 4 is 11.8 Å². The summed E-state index contributed by atoms with van der Waals surface area (Å²) in [5.74, 6) is 0.199. The molecule has 0 bridgehead atoms. The Bertz CT molecular complexity index is 742. The minimum absolute atomic E-state index is 0.199. The van der Waals surface area contributed by atoms with Gasteiger partial charge in [0.1, 0.15) is 17.1 Å². The molecule has 21 heavy (non-hydrogen) atoms. The van der Waals surface area contributed by atoms with Gasteiger partial charge in [-0.05, 0) is 58.9 Å². The summed E-state index contributed by atoms with van der Waals surface area (Å²) in [6, 6.07) is 8.58. The van der Waals surface area contributed by atoms with E-state index in [1.165, 1.54) is 18.1 Å². The van der Waals surface area contributed by atoms with E-state index in [1.807, 2.05) is 13.0 Å². The van der Waals surface area contributed by atoms with Crippen molar-refractivity contribution in [3.05, 3.63) is 42.4 Å². The van der Waals surface area contributed by atoms with Crippen molar-refractivity contribution < 1.29 is 5.11 Å². The van der Waals surface area contributed by atoms with E-state index in [-0.39, 0.29) is 5.75 Å². The minimum atomic E-state index is 0.199. The summed E-state index contributed by atoms with van der Waals surface area (Å²) >= 11 is 1.36. The fourth-order valence-corrected chi connectivity index (χ4v) is 2.51. The van der Waals surface area contributed by atoms with Crippen LogP contribution in [-0.4, -0.2) is 35.3 Å². The number of hydrogen-bond donors (Lipinski definition) is 1. The van der Waals surface area contributed by atoms with Gasteiger partial charge < -0.3 is 5.11 Å². The van der Waals surface area contributed by atoms with Gasteiger partial charge in [0.25, 0.3) is 0 Å². The minimum Gasteiger partial charge on any atom is -0.508 e. The third kappa shape index (κ3) is 3.00. The zero-order valence-electron chi connectivity index (χ0n) is 11.2. The predicted molar refractivity (Wildman–Crippen MR) is 76.4 cm³/mol. The third-order valence-corrected chi connectivity index (χ3v) is 3.66. The number of aryl methyl sites for hydroxylation is 1. The van der Waals surface area contributed by atoms with Crippen LogP contribution in [0, 0.1) is 0 Å². The Morgan fingerprint density at radius 3 is 2.76 bits per heavy atom. The number of aromatic hydroxyl groups is 1. The first kappa shape index (κ1) is 13.5. The van der Waals surface area contributed by atoms with Gasteiger partial charge in [0.15, 0.2) is 0 Å². The first-order valence-corrected chi connectivity index (χ1v) is 7.14. The summed E-state index contributed by atoms with van der Waals surface area (Å²) in [6.45, 7) is 2.04. The van der Waals surface area contributed by atoms with Crippen molar-refractivity contribution in [2.75, 3.05) is 0 Å². The Balaban J connectivity index is 1.90. The molecule has 0 saturated carbocycles. The van der Waals surface area contributed by atoms with Gasteiger partial charge in [0.05, 0.1) is 5.69 Å². The summed E-state index contributed by atoms with van der Waals surface area (Å²) < 4.78 is 1.60. The summed E-state index contributed by atoms with van der Waals surface area (Å²) in [5.41, 5.74) is 1.74. The van der Waals surface area contributed by atoms with Crippen LogP contribution >= 0.6 is 11.8 Å². The largest absolute Gasteiger partial charge is 0.508 e. The fourth-order valence-electron chi connectivity index (χ4n) is 1.72. The maximum absolute atomic E-state index is 9.33. The number of benzene rings is 1. The molecule has 1 aromatic carbocycles. The van der Waals surface area contributed by atoms with Crippen LogP contribution in [0.15, 0.2) is 46.8 Å². The maximum atomic E-state index is 9.33. The van der Waals surface area contributed by atoms with Crippen LogP contribution in [0.25, 0.3) is 5.69 Å². The Kier molecular flexibility index (Phi) is 3.78. The van der Waals surface area contributed by atoms with E-state index in [4.69, 9.17) is 0 Å². The zero-order valence-corrected chi connectivity index (χ0v) is 12.0. The van der Waals surface area contributed by atoms with Crippen molar-refractivity contribution in [2.45, 2.75) is 23.5 Å². The topological polar surface area (TPSA) is 89.6 Å². The Labute approximate surface area is 125 Å². The molecule has 0 unspecified atom stereocenters. The van der Waals surface area contributed by atoms with Crippen LogP contribution < -0.4 is 0 Å². The summed E-state index contributed by atoms with van der Waals surface area (Å²) in [6.07, 6.45) is 2.38. The van der Waals surface area contributed by atoms with Crippen LogP contribution in [0.5, 0.6) is 5.75 Å². The molecule has 7 nitrogen and oxygen atoms in total. The van der Waals surface area contributed by atoms with Gasteiger partial charge in [-0.25, -0.2) is 9.97 Å². The number of hydrogen-bond acceptors (Lipinski definition) is 7. The Hall–Kier alpha value is -2.48. The van der Waals surface area contributed by atoms with Crippen LogP contribution in [0.1, 0.15) is 12.6 Å². The standard InChI is InChI=1S/C13H12N6OS/c1-2-9-7-12(15-8-14-9)21-13-16-17-18-19(13)10-3-5-11(20)6-4-10/h3-8,20H,2H2,1H3. The highest BCUT2D eigenvalue weighted by molar-refractivity contribution is 7.99. The molecule has 8 heteroatoms. The number of phenols is 1. The molecular weight excluding hydrogens is 288 g/mol. The SMILES string of the molecule is CCc1cc(Sc2nnnn2-c2ccc(O)cc2)ncn1. The van der Waals surface area contributed by atoms with Crippen molar-refractivity contribution in [1.82, 2.24) is 30.2 Å². The molecule has 0 radical (unpaired) electrons. The zero-order chi connectivity index (χ0) is 14.7. The molecule has 3 rings (SSSR count). The Morgan fingerprint density at radius 1 is 1.19 bits per heavy atom. The Morgan fingerprint density at radius 2 is 2.00 bits per heavy atom. The summed E-state index contributed by atoms with van der Waals surface area (Å²) in [4.78, 5) is 8.38. The van der Waals surface area contributed by atoms with Gasteiger partial charge in [-0.2, -0.15) is 4.68 Å². The highest BCUT2D eigenvalue weighted by atomic mass is 32.2. The second-order valence-electron chi connectivity index (χ2n) is 4.19. The molecule has 0 saturated heterocycles. The maximum Gasteiger partial charge on any atom is 0.220 e. The van der Waals surface area contributed by atoms with E-state index in [9.17, 15) is 5.11 Å². The quantitative estimate of drug-likeness (QED) is 0.736. The predicted octanol–water partition coefficient (Wildman–Crippen LogP) is 1.87. The van der Waals surface area contributed by atoms with Gasteiger partial charge in [0, 0.05) is 5.69 Å². The van der Waals surface area contributed by atoms with Gasteiger partial charge >= 0.3 is 0 Å². The molecule has 2 aromatic heterocycles. The molecule has 106 valence electrons. The number of aromatic nitrogens is 6. The van der Waals surface area contributed by atoms with E-state index in [2.05, 4.69) is 25.5 Å². The van der Waals surface area contributed by atoms with Gasteiger partial charge in [-0.3, -0.25) is 0 Å². The average Bonchev–Trinajstić information content (AvgIpc) is 2.96. The first-order valence-electron chi connectivity index (χ1n) is 6.33. The molecule has 0 spiro atoms.